The average Bonchev–Trinajstić information content (AvgIpc) is 2.22. The number of hydrogen-bond acceptors (Lipinski definition) is 3. The van der Waals surface area contributed by atoms with Gasteiger partial charge in [-0.3, -0.25) is 4.79 Å². The second-order valence-corrected chi connectivity index (χ2v) is 3.70. The van der Waals surface area contributed by atoms with Crippen LogP contribution >= 0.6 is 0 Å². The van der Waals surface area contributed by atoms with E-state index in [4.69, 9.17) is 5.73 Å². The summed E-state index contributed by atoms with van der Waals surface area (Å²) < 4.78 is 1.41. The summed E-state index contributed by atoms with van der Waals surface area (Å²) in [5.74, 6) is 0. The smallest absolute Gasteiger partial charge is 0.274 e. The quantitative estimate of drug-likeness (QED) is 0.783. The highest BCUT2D eigenvalue weighted by Gasteiger charge is 2.04. The van der Waals surface area contributed by atoms with Gasteiger partial charge in [-0.2, -0.15) is 5.10 Å². The number of nitrogens with zero attached hydrogens (tertiary/aromatic N) is 2. The summed E-state index contributed by atoms with van der Waals surface area (Å²) in [4.78, 5) is 11.9. The second-order valence-electron chi connectivity index (χ2n) is 3.70. The van der Waals surface area contributed by atoms with Crippen LogP contribution in [0.25, 0.3) is 10.8 Å². The Morgan fingerprint density at radius 1 is 1.47 bits per heavy atom. The molecule has 0 fully saturated rings. The number of hydrogen-bond donors (Lipinski definition) is 1. The van der Waals surface area contributed by atoms with Crippen molar-refractivity contribution in [2.75, 3.05) is 0 Å². The van der Waals surface area contributed by atoms with E-state index in [0.29, 0.717) is 11.9 Å². The van der Waals surface area contributed by atoms with Crippen molar-refractivity contribution in [3.05, 3.63) is 40.8 Å². The maximum Gasteiger partial charge on any atom is 0.274 e. The fraction of sp³-hybridized carbons (Fsp3) is 0.273. The number of rotatable bonds is 2. The van der Waals surface area contributed by atoms with Crippen LogP contribution < -0.4 is 11.3 Å². The zero-order chi connectivity index (χ0) is 10.8. The molecule has 0 radical (unpaired) electrons. The van der Waals surface area contributed by atoms with Gasteiger partial charge in [-0.1, -0.05) is 18.2 Å². The normalized spacial score (nSPS) is 12.9. The summed E-state index contributed by atoms with van der Waals surface area (Å²) >= 11 is 0. The molecule has 0 saturated carbocycles. The molecule has 78 valence electrons. The first kappa shape index (κ1) is 9.86. The molecule has 15 heavy (non-hydrogen) atoms. The highest BCUT2D eigenvalue weighted by molar-refractivity contribution is 5.80. The minimum absolute atomic E-state index is 0.0728. The van der Waals surface area contributed by atoms with Gasteiger partial charge in [0.2, 0.25) is 0 Å². The summed E-state index contributed by atoms with van der Waals surface area (Å²) in [5, 5.41) is 5.62. The lowest BCUT2D eigenvalue weighted by molar-refractivity contribution is 0.518. The van der Waals surface area contributed by atoms with Crippen molar-refractivity contribution < 1.29 is 0 Å². The van der Waals surface area contributed by atoms with Crippen molar-refractivity contribution in [3.63, 3.8) is 0 Å². The Hall–Kier alpha value is -1.68. The summed E-state index contributed by atoms with van der Waals surface area (Å²) in [6.07, 6.45) is 1.69. The number of benzene rings is 1. The Kier molecular flexibility index (Phi) is 2.51. The van der Waals surface area contributed by atoms with E-state index in [0.717, 1.165) is 5.39 Å². The van der Waals surface area contributed by atoms with Crippen LogP contribution in [0.1, 0.15) is 6.92 Å². The van der Waals surface area contributed by atoms with Crippen LogP contribution in [0.2, 0.25) is 0 Å². The lowest BCUT2D eigenvalue weighted by Crippen LogP contribution is -2.31. The summed E-state index contributed by atoms with van der Waals surface area (Å²) in [7, 11) is 0. The van der Waals surface area contributed by atoms with E-state index in [2.05, 4.69) is 5.10 Å². The maximum absolute atomic E-state index is 11.9. The predicted molar refractivity (Wildman–Crippen MR) is 59.7 cm³/mol. The van der Waals surface area contributed by atoms with E-state index in [1.807, 2.05) is 25.1 Å². The van der Waals surface area contributed by atoms with Crippen molar-refractivity contribution in [3.8, 4) is 0 Å². The first-order valence-electron chi connectivity index (χ1n) is 4.89. The molecule has 0 spiro atoms. The molecule has 2 aromatic rings. The number of aromatic nitrogens is 2. The van der Waals surface area contributed by atoms with E-state index >= 15 is 0 Å². The molecule has 2 N–H and O–H groups in total. The molecule has 4 heteroatoms. The molecule has 1 aromatic carbocycles. The van der Waals surface area contributed by atoms with Crippen molar-refractivity contribution in [1.29, 1.82) is 0 Å². The van der Waals surface area contributed by atoms with Gasteiger partial charge in [-0.05, 0) is 13.0 Å². The average molecular weight is 203 g/mol. The minimum Gasteiger partial charge on any atom is -0.326 e. The lowest BCUT2D eigenvalue weighted by atomic mass is 10.2. The monoisotopic (exact) mass is 203 g/mol. The van der Waals surface area contributed by atoms with Gasteiger partial charge < -0.3 is 5.73 Å². The first-order chi connectivity index (χ1) is 7.18. The van der Waals surface area contributed by atoms with E-state index < -0.39 is 0 Å². The zero-order valence-corrected chi connectivity index (χ0v) is 8.55. The third-order valence-electron chi connectivity index (χ3n) is 2.22. The van der Waals surface area contributed by atoms with Gasteiger partial charge in [0.15, 0.2) is 0 Å². The Morgan fingerprint density at radius 3 is 2.93 bits per heavy atom. The van der Waals surface area contributed by atoms with Gasteiger partial charge in [0.25, 0.3) is 5.56 Å². The topological polar surface area (TPSA) is 60.9 Å². The standard InChI is InChI=1S/C11H13N3O/c1-8(12)7-14-11(15)10-5-3-2-4-9(10)6-13-14/h2-6,8H,7,12H2,1H3. The minimum atomic E-state index is -0.0783. The van der Waals surface area contributed by atoms with Crippen LogP contribution in [-0.2, 0) is 6.54 Å². The van der Waals surface area contributed by atoms with Crippen LogP contribution in [0, 0.1) is 0 Å². The van der Waals surface area contributed by atoms with Crippen molar-refractivity contribution in [2.24, 2.45) is 5.73 Å². The Balaban J connectivity index is 2.60. The molecule has 1 unspecified atom stereocenters. The molecule has 0 aliphatic heterocycles. The van der Waals surface area contributed by atoms with E-state index in [9.17, 15) is 4.79 Å². The zero-order valence-electron chi connectivity index (χ0n) is 8.55. The first-order valence-corrected chi connectivity index (χ1v) is 4.89. The molecule has 0 aliphatic rings. The molecule has 0 bridgehead atoms. The Labute approximate surface area is 87.3 Å². The summed E-state index contributed by atoms with van der Waals surface area (Å²) in [6.45, 7) is 2.30. The molecule has 1 atom stereocenters. The maximum atomic E-state index is 11.9. The third-order valence-corrected chi connectivity index (χ3v) is 2.22. The molecular formula is C11H13N3O. The molecule has 2 rings (SSSR count). The molecule has 1 heterocycles. The molecule has 4 nitrogen and oxygen atoms in total. The van der Waals surface area contributed by atoms with Crippen molar-refractivity contribution >= 4 is 10.8 Å². The Bertz CT molecular complexity index is 531. The SMILES string of the molecule is CC(N)Cn1ncc2ccccc2c1=O. The number of fused-ring (bicyclic) bond motifs is 1. The van der Waals surface area contributed by atoms with E-state index in [-0.39, 0.29) is 11.6 Å². The second kappa shape index (κ2) is 3.82. The third kappa shape index (κ3) is 1.89. The van der Waals surface area contributed by atoms with E-state index in [1.54, 1.807) is 12.3 Å². The predicted octanol–water partition coefficient (Wildman–Crippen LogP) is 0.744. The van der Waals surface area contributed by atoms with Crippen LogP contribution in [0.3, 0.4) is 0 Å². The molecule has 0 aliphatic carbocycles. The van der Waals surface area contributed by atoms with Gasteiger partial charge in [0.05, 0.1) is 18.1 Å². The molecule has 0 amide bonds. The van der Waals surface area contributed by atoms with Gasteiger partial charge in [0, 0.05) is 11.4 Å². The highest BCUT2D eigenvalue weighted by Crippen LogP contribution is 2.06. The largest absolute Gasteiger partial charge is 0.326 e. The van der Waals surface area contributed by atoms with Crippen LogP contribution in [0.5, 0.6) is 0 Å². The fourth-order valence-electron chi connectivity index (χ4n) is 1.53. The molecular weight excluding hydrogens is 190 g/mol. The van der Waals surface area contributed by atoms with Gasteiger partial charge in [-0.15, -0.1) is 0 Å². The summed E-state index contributed by atoms with van der Waals surface area (Å²) in [6, 6.07) is 7.34. The van der Waals surface area contributed by atoms with Crippen LogP contribution in [-0.4, -0.2) is 15.8 Å². The van der Waals surface area contributed by atoms with Gasteiger partial charge in [0.1, 0.15) is 0 Å². The van der Waals surface area contributed by atoms with Gasteiger partial charge in [-0.25, -0.2) is 4.68 Å². The number of nitrogens with two attached hydrogens (primary N) is 1. The lowest BCUT2D eigenvalue weighted by Gasteiger charge is -2.07. The molecule has 1 aromatic heterocycles. The van der Waals surface area contributed by atoms with E-state index in [1.165, 1.54) is 4.68 Å². The van der Waals surface area contributed by atoms with Crippen LogP contribution in [0.15, 0.2) is 35.3 Å². The van der Waals surface area contributed by atoms with Crippen molar-refractivity contribution in [1.82, 2.24) is 9.78 Å². The summed E-state index contributed by atoms with van der Waals surface area (Å²) in [5.41, 5.74) is 5.56. The Morgan fingerprint density at radius 2 is 2.20 bits per heavy atom. The van der Waals surface area contributed by atoms with Crippen molar-refractivity contribution in [2.45, 2.75) is 19.5 Å². The highest BCUT2D eigenvalue weighted by atomic mass is 16.1. The molecule has 0 saturated heterocycles. The van der Waals surface area contributed by atoms with Gasteiger partial charge >= 0.3 is 0 Å². The van der Waals surface area contributed by atoms with Crippen LogP contribution in [0.4, 0.5) is 0 Å². The fourth-order valence-corrected chi connectivity index (χ4v) is 1.53.